The van der Waals surface area contributed by atoms with Gasteiger partial charge in [0.15, 0.2) is 5.75 Å². The highest BCUT2D eigenvalue weighted by Crippen LogP contribution is 2.30. The summed E-state index contributed by atoms with van der Waals surface area (Å²) in [7, 11) is 1.56. The van der Waals surface area contributed by atoms with Crippen LogP contribution in [-0.4, -0.2) is 7.11 Å². The first-order valence-corrected chi connectivity index (χ1v) is 4.05. The van der Waals surface area contributed by atoms with E-state index in [2.05, 4.69) is 0 Å². The maximum atomic E-state index is 11.5. The third kappa shape index (κ3) is 1.31. The maximum Gasteiger partial charge on any atom is 0.190 e. The van der Waals surface area contributed by atoms with Gasteiger partial charge in [-0.3, -0.25) is 5.11 Å². The van der Waals surface area contributed by atoms with Crippen molar-refractivity contribution < 1.29 is 9.84 Å². The summed E-state index contributed by atoms with van der Waals surface area (Å²) >= 11 is 0. The van der Waals surface area contributed by atoms with E-state index in [0.29, 0.717) is 5.75 Å². The SMILES string of the molecule is COc1cc([O])c2ccccc2c1. The molecule has 0 amide bonds. The van der Waals surface area contributed by atoms with Crippen LogP contribution in [0.3, 0.4) is 0 Å². The van der Waals surface area contributed by atoms with E-state index < -0.39 is 0 Å². The van der Waals surface area contributed by atoms with Crippen molar-refractivity contribution in [3.8, 4) is 11.5 Å². The quantitative estimate of drug-likeness (QED) is 0.651. The Balaban J connectivity index is 2.77. The third-order valence-electron chi connectivity index (χ3n) is 2.03. The van der Waals surface area contributed by atoms with Gasteiger partial charge < -0.3 is 4.74 Å². The minimum atomic E-state index is 0.00921. The lowest BCUT2D eigenvalue weighted by Gasteiger charge is -2.02. The average molecular weight is 173 g/mol. The number of hydrogen-bond donors (Lipinski definition) is 0. The van der Waals surface area contributed by atoms with Gasteiger partial charge in [-0.1, -0.05) is 24.3 Å². The lowest BCUT2D eigenvalue weighted by Crippen LogP contribution is -1.82. The van der Waals surface area contributed by atoms with E-state index in [9.17, 15) is 5.11 Å². The second-order valence-electron chi connectivity index (χ2n) is 2.85. The third-order valence-corrected chi connectivity index (χ3v) is 2.03. The van der Waals surface area contributed by atoms with E-state index in [4.69, 9.17) is 4.74 Å². The Hall–Kier alpha value is -1.70. The number of methoxy groups -OCH3 is 1. The van der Waals surface area contributed by atoms with Crippen LogP contribution in [0, 0.1) is 0 Å². The molecule has 0 aliphatic heterocycles. The summed E-state index contributed by atoms with van der Waals surface area (Å²) in [6.07, 6.45) is 0. The van der Waals surface area contributed by atoms with Crippen LogP contribution in [0.5, 0.6) is 11.5 Å². The van der Waals surface area contributed by atoms with Crippen molar-refractivity contribution in [2.75, 3.05) is 7.11 Å². The molecule has 0 aliphatic carbocycles. The molecule has 0 N–H and O–H groups in total. The molecule has 0 unspecified atom stereocenters. The van der Waals surface area contributed by atoms with Gasteiger partial charge in [-0.05, 0) is 11.5 Å². The van der Waals surface area contributed by atoms with Crippen LogP contribution >= 0.6 is 0 Å². The van der Waals surface area contributed by atoms with E-state index in [-0.39, 0.29) is 5.75 Å². The summed E-state index contributed by atoms with van der Waals surface area (Å²) in [6.45, 7) is 0. The summed E-state index contributed by atoms with van der Waals surface area (Å²) in [5, 5.41) is 13.1. The molecule has 2 heteroatoms. The minimum absolute atomic E-state index is 0.00921. The number of rotatable bonds is 1. The number of ether oxygens (including phenoxy) is 1. The van der Waals surface area contributed by atoms with Crippen LogP contribution in [0.15, 0.2) is 36.4 Å². The van der Waals surface area contributed by atoms with Crippen molar-refractivity contribution in [1.82, 2.24) is 0 Å². The topological polar surface area (TPSA) is 29.1 Å². The molecule has 2 aromatic rings. The van der Waals surface area contributed by atoms with E-state index >= 15 is 0 Å². The van der Waals surface area contributed by atoms with E-state index in [1.54, 1.807) is 7.11 Å². The van der Waals surface area contributed by atoms with Gasteiger partial charge in [0.05, 0.1) is 7.11 Å². The van der Waals surface area contributed by atoms with Crippen molar-refractivity contribution in [2.24, 2.45) is 0 Å². The predicted molar refractivity (Wildman–Crippen MR) is 50.6 cm³/mol. The molecular formula is C11H9O2. The Kier molecular flexibility index (Phi) is 1.81. The van der Waals surface area contributed by atoms with E-state index in [1.165, 1.54) is 6.07 Å². The first kappa shape index (κ1) is 7.92. The van der Waals surface area contributed by atoms with Gasteiger partial charge >= 0.3 is 0 Å². The largest absolute Gasteiger partial charge is 0.497 e. The van der Waals surface area contributed by atoms with Gasteiger partial charge in [0.25, 0.3) is 0 Å². The summed E-state index contributed by atoms with van der Waals surface area (Å²) < 4.78 is 5.00. The Morgan fingerprint density at radius 1 is 1.15 bits per heavy atom. The molecule has 0 bridgehead atoms. The molecule has 0 aliphatic rings. The Morgan fingerprint density at radius 2 is 1.92 bits per heavy atom. The fourth-order valence-electron chi connectivity index (χ4n) is 1.37. The molecule has 0 heterocycles. The highest BCUT2D eigenvalue weighted by atomic mass is 16.5. The predicted octanol–water partition coefficient (Wildman–Crippen LogP) is 2.99. The van der Waals surface area contributed by atoms with Crippen LogP contribution < -0.4 is 4.74 Å². The van der Waals surface area contributed by atoms with Gasteiger partial charge in [0.2, 0.25) is 0 Å². The van der Waals surface area contributed by atoms with Gasteiger partial charge in [-0.15, -0.1) is 0 Å². The Labute approximate surface area is 76.4 Å². The van der Waals surface area contributed by atoms with Gasteiger partial charge in [-0.2, -0.15) is 0 Å². The standard InChI is InChI=1S/C11H9O2/c1-13-9-6-8-4-2-3-5-10(8)11(12)7-9/h2-7H,1H3. The van der Waals surface area contributed by atoms with Crippen LogP contribution in [0.1, 0.15) is 0 Å². The average Bonchev–Trinajstić information content (AvgIpc) is 2.18. The number of benzene rings is 2. The number of hydrogen-bond acceptors (Lipinski definition) is 1. The summed E-state index contributed by atoms with van der Waals surface area (Å²) in [6, 6.07) is 10.8. The summed E-state index contributed by atoms with van der Waals surface area (Å²) in [4.78, 5) is 0. The molecule has 0 saturated carbocycles. The van der Waals surface area contributed by atoms with Gasteiger partial charge in [0.1, 0.15) is 5.75 Å². The lowest BCUT2D eigenvalue weighted by atomic mass is 10.1. The Bertz CT molecular complexity index is 435. The fourth-order valence-corrected chi connectivity index (χ4v) is 1.37. The van der Waals surface area contributed by atoms with Crippen molar-refractivity contribution in [3.63, 3.8) is 0 Å². The minimum Gasteiger partial charge on any atom is -0.497 e. The molecule has 65 valence electrons. The summed E-state index contributed by atoms with van der Waals surface area (Å²) in [5.74, 6) is 0.624. The van der Waals surface area contributed by atoms with Gasteiger partial charge in [-0.25, -0.2) is 0 Å². The summed E-state index contributed by atoms with van der Waals surface area (Å²) in [5.41, 5.74) is 0. The molecule has 0 saturated heterocycles. The first-order chi connectivity index (χ1) is 6.31. The van der Waals surface area contributed by atoms with Crippen LogP contribution in [0.25, 0.3) is 10.8 Å². The van der Waals surface area contributed by atoms with Crippen LogP contribution in [-0.2, 0) is 5.11 Å². The first-order valence-electron chi connectivity index (χ1n) is 4.05. The smallest absolute Gasteiger partial charge is 0.190 e. The Morgan fingerprint density at radius 3 is 2.69 bits per heavy atom. The second-order valence-corrected chi connectivity index (χ2v) is 2.85. The van der Waals surface area contributed by atoms with E-state index in [1.807, 2.05) is 30.3 Å². The second kappa shape index (κ2) is 2.98. The maximum absolute atomic E-state index is 11.5. The zero-order valence-electron chi connectivity index (χ0n) is 7.28. The molecule has 0 fully saturated rings. The fraction of sp³-hybridized carbons (Fsp3) is 0.0909. The molecule has 0 atom stereocenters. The molecule has 2 nitrogen and oxygen atoms in total. The van der Waals surface area contributed by atoms with Gasteiger partial charge in [0, 0.05) is 11.5 Å². The van der Waals surface area contributed by atoms with E-state index in [0.717, 1.165) is 10.8 Å². The van der Waals surface area contributed by atoms with Crippen LogP contribution in [0.2, 0.25) is 0 Å². The zero-order valence-corrected chi connectivity index (χ0v) is 7.28. The molecule has 13 heavy (non-hydrogen) atoms. The van der Waals surface area contributed by atoms with Crippen molar-refractivity contribution >= 4 is 10.8 Å². The molecule has 2 aromatic carbocycles. The molecule has 0 spiro atoms. The monoisotopic (exact) mass is 173 g/mol. The van der Waals surface area contributed by atoms with Crippen molar-refractivity contribution in [2.45, 2.75) is 0 Å². The molecular weight excluding hydrogens is 164 g/mol. The molecule has 0 aromatic heterocycles. The highest BCUT2D eigenvalue weighted by Gasteiger charge is 2.03. The normalized spacial score (nSPS) is 10.2. The van der Waals surface area contributed by atoms with Crippen molar-refractivity contribution in [1.29, 1.82) is 0 Å². The van der Waals surface area contributed by atoms with Crippen LogP contribution in [0.4, 0.5) is 0 Å². The lowest BCUT2D eigenvalue weighted by molar-refractivity contribution is 0.354. The number of fused-ring (bicyclic) bond motifs is 1. The molecule has 2 rings (SSSR count). The highest BCUT2D eigenvalue weighted by molar-refractivity contribution is 5.89. The molecule has 1 radical (unpaired) electrons. The zero-order chi connectivity index (χ0) is 9.26. The van der Waals surface area contributed by atoms with Crippen molar-refractivity contribution in [3.05, 3.63) is 36.4 Å².